The van der Waals surface area contributed by atoms with E-state index in [1.54, 1.807) is 28.7 Å². The molecule has 27 heavy (non-hydrogen) atoms. The number of furan rings is 1. The molecule has 8 heteroatoms. The number of hydrogen-bond donors (Lipinski definition) is 1. The van der Waals surface area contributed by atoms with Crippen LogP contribution in [-0.2, 0) is 11.3 Å². The third-order valence-corrected chi connectivity index (χ3v) is 5.70. The number of nitrogens with zero attached hydrogens (tertiary/aromatic N) is 3. The van der Waals surface area contributed by atoms with Gasteiger partial charge in [-0.15, -0.1) is 22.7 Å². The Morgan fingerprint density at radius 3 is 2.93 bits per heavy atom. The van der Waals surface area contributed by atoms with Crippen LogP contribution in [0.25, 0.3) is 22.5 Å². The summed E-state index contributed by atoms with van der Waals surface area (Å²) in [7, 11) is 0. The Morgan fingerprint density at radius 1 is 1.30 bits per heavy atom. The van der Waals surface area contributed by atoms with E-state index >= 15 is 0 Å². The molecule has 4 heterocycles. The van der Waals surface area contributed by atoms with Crippen molar-refractivity contribution in [2.75, 3.05) is 0 Å². The van der Waals surface area contributed by atoms with E-state index in [9.17, 15) is 4.79 Å². The first-order valence-corrected chi connectivity index (χ1v) is 10.1. The van der Waals surface area contributed by atoms with Crippen molar-refractivity contribution >= 4 is 39.6 Å². The van der Waals surface area contributed by atoms with Crippen molar-refractivity contribution in [2.45, 2.75) is 27.3 Å². The Bertz CT molecular complexity index is 1150. The number of aromatic nitrogens is 3. The number of carbonyl (C=O) groups excluding carboxylic acids is 1. The highest BCUT2D eigenvalue weighted by Crippen LogP contribution is 2.24. The molecule has 0 saturated carbocycles. The first-order valence-electron chi connectivity index (χ1n) is 8.42. The minimum atomic E-state index is -0.182. The van der Waals surface area contributed by atoms with E-state index in [2.05, 4.69) is 15.3 Å². The minimum absolute atomic E-state index is 0.182. The van der Waals surface area contributed by atoms with Gasteiger partial charge in [-0.2, -0.15) is 0 Å². The molecule has 1 N–H and O–H groups in total. The zero-order valence-corrected chi connectivity index (χ0v) is 16.8. The number of thiazole rings is 2. The van der Waals surface area contributed by atoms with Gasteiger partial charge in [-0.3, -0.25) is 9.20 Å². The smallest absolute Gasteiger partial charge is 0.244 e. The van der Waals surface area contributed by atoms with Crippen LogP contribution in [0.3, 0.4) is 0 Å². The fraction of sp³-hybridized carbons (Fsp3) is 0.211. The molecule has 4 aromatic heterocycles. The highest BCUT2D eigenvalue weighted by atomic mass is 32.1. The second kappa shape index (κ2) is 7.13. The predicted molar refractivity (Wildman–Crippen MR) is 108 cm³/mol. The number of aryl methyl sites for hydroxylation is 3. The summed E-state index contributed by atoms with van der Waals surface area (Å²) in [6.45, 7) is 6.26. The van der Waals surface area contributed by atoms with Gasteiger partial charge < -0.3 is 9.73 Å². The van der Waals surface area contributed by atoms with Crippen molar-refractivity contribution in [1.29, 1.82) is 0 Å². The molecule has 138 valence electrons. The lowest BCUT2D eigenvalue weighted by Gasteiger charge is -1.99. The van der Waals surface area contributed by atoms with E-state index in [-0.39, 0.29) is 5.91 Å². The van der Waals surface area contributed by atoms with Crippen molar-refractivity contribution in [3.8, 4) is 11.5 Å². The maximum absolute atomic E-state index is 12.2. The normalized spacial score (nSPS) is 11.7. The molecule has 0 atom stereocenters. The summed E-state index contributed by atoms with van der Waals surface area (Å²) >= 11 is 3.21. The van der Waals surface area contributed by atoms with Crippen LogP contribution >= 0.6 is 22.7 Å². The summed E-state index contributed by atoms with van der Waals surface area (Å²) in [5.41, 5.74) is 2.64. The zero-order chi connectivity index (χ0) is 19.0. The van der Waals surface area contributed by atoms with Crippen LogP contribution in [0.2, 0.25) is 0 Å². The quantitative estimate of drug-likeness (QED) is 0.507. The highest BCUT2D eigenvalue weighted by molar-refractivity contribution is 7.17. The SMILES string of the molecule is Cc1cn2c(C=CC(=O)NCc3ccc(-c4csc(C)n4)o3)c(C)nc2s1. The average molecular weight is 399 g/mol. The van der Waals surface area contributed by atoms with E-state index in [4.69, 9.17) is 4.42 Å². The van der Waals surface area contributed by atoms with Crippen LogP contribution in [0.15, 0.2) is 34.2 Å². The van der Waals surface area contributed by atoms with Gasteiger partial charge in [0.2, 0.25) is 5.91 Å². The van der Waals surface area contributed by atoms with Gasteiger partial charge in [-0.25, -0.2) is 9.97 Å². The molecule has 0 radical (unpaired) electrons. The third kappa shape index (κ3) is 3.72. The molecule has 0 aliphatic carbocycles. The first kappa shape index (κ1) is 17.7. The Hall–Kier alpha value is -2.71. The molecule has 0 bridgehead atoms. The number of carbonyl (C=O) groups is 1. The second-order valence-corrected chi connectivity index (χ2v) is 8.42. The number of imidazole rings is 1. The lowest BCUT2D eigenvalue weighted by Crippen LogP contribution is -2.19. The van der Waals surface area contributed by atoms with Crippen molar-refractivity contribution in [3.63, 3.8) is 0 Å². The molecule has 0 unspecified atom stereocenters. The van der Waals surface area contributed by atoms with E-state index in [0.717, 1.165) is 27.1 Å². The van der Waals surface area contributed by atoms with Crippen LogP contribution in [-0.4, -0.2) is 20.3 Å². The fourth-order valence-electron chi connectivity index (χ4n) is 2.76. The van der Waals surface area contributed by atoms with Gasteiger partial charge in [-0.05, 0) is 39.0 Å². The van der Waals surface area contributed by atoms with Gasteiger partial charge in [0.1, 0.15) is 11.5 Å². The molecule has 0 aliphatic rings. The van der Waals surface area contributed by atoms with Gasteiger partial charge in [0.15, 0.2) is 10.7 Å². The summed E-state index contributed by atoms with van der Waals surface area (Å²) in [6.07, 6.45) is 5.35. The van der Waals surface area contributed by atoms with Gasteiger partial charge in [0.25, 0.3) is 0 Å². The summed E-state index contributed by atoms with van der Waals surface area (Å²) in [6, 6.07) is 3.73. The number of hydrogen-bond acceptors (Lipinski definition) is 6. The predicted octanol–water partition coefficient (Wildman–Crippen LogP) is 4.37. The monoisotopic (exact) mass is 398 g/mol. The lowest BCUT2D eigenvalue weighted by molar-refractivity contribution is -0.116. The van der Waals surface area contributed by atoms with Gasteiger partial charge in [0, 0.05) is 22.5 Å². The number of amides is 1. The lowest BCUT2D eigenvalue weighted by atomic mass is 10.3. The molecule has 4 aromatic rings. The first-order chi connectivity index (χ1) is 13.0. The van der Waals surface area contributed by atoms with Crippen LogP contribution in [0.1, 0.15) is 27.0 Å². The Balaban J connectivity index is 1.40. The molecule has 1 amide bonds. The Labute approximate surface area is 164 Å². The van der Waals surface area contributed by atoms with Gasteiger partial charge in [0.05, 0.1) is 22.9 Å². The highest BCUT2D eigenvalue weighted by Gasteiger charge is 2.10. The maximum Gasteiger partial charge on any atom is 0.244 e. The third-order valence-electron chi connectivity index (χ3n) is 4.03. The van der Waals surface area contributed by atoms with Crippen molar-refractivity contribution in [3.05, 3.63) is 56.8 Å². The second-order valence-electron chi connectivity index (χ2n) is 6.15. The zero-order valence-electron chi connectivity index (χ0n) is 15.1. The summed E-state index contributed by atoms with van der Waals surface area (Å²) in [4.78, 5) is 23.2. The maximum atomic E-state index is 12.2. The molecule has 4 rings (SSSR count). The summed E-state index contributed by atoms with van der Waals surface area (Å²) < 4.78 is 7.76. The number of nitrogens with one attached hydrogen (secondary N) is 1. The Kier molecular flexibility index (Phi) is 4.67. The van der Waals surface area contributed by atoms with E-state index in [0.29, 0.717) is 18.1 Å². The standard InChI is InChI=1S/C19H18N4O2S2/c1-11-9-23-16(12(2)21-19(23)27-11)5-7-18(24)20-8-14-4-6-17(25-14)15-10-26-13(3)22-15/h4-7,9-10H,8H2,1-3H3,(H,20,24). The molecular formula is C19H18N4O2S2. The summed E-state index contributed by atoms with van der Waals surface area (Å²) in [5.74, 6) is 1.22. The van der Waals surface area contributed by atoms with E-state index < -0.39 is 0 Å². The van der Waals surface area contributed by atoms with Crippen molar-refractivity contribution < 1.29 is 9.21 Å². The molecule has 0 aromatic carbocycles. The molecular weight excluding hydrogens is 380 g/mol. The van der Waals surface area contributed by atoms with Crippen LogP contribution < -0.4 is 5.32 Å². The van der Waals surface area contributed by atoms with E-state index in [1.165, 1.54) is 11.0 Å². The topological polar surface area (TPSA) is 72.4 Å². The largest absolute Gasteiger partial charge is 0.458 e. The van der Waals surface area contributed by atoms with Crippen molar-refractivity contribution in [2.24, 2.45) is 0 Å². The minimum Gasteiger partial charge on any atom is -0.458 e. The summed E-state index contributed by atoms with van der Waals surface area (Å²) in [5, 5.41) is 5.79. The molecule has 6 nitrogen and oxygen atoms in total. The molecule has 0 spiro atoms. The Morgan fingerprint density at radius 2 is 2.15 bits per heavy atom. The van der Waals surface area contributed by atoms with Crippen LogP contribution in [0, 0.1) is 20.8 Å². The number of fused-ring (bicyclic) bond motifs is 1. The van der Waals surface area contributed by atoms with Gasteiger partial charge >= 0.3 is 0 Å². The average Bonchev–Trinajstić information content (AvgIpc) is 3.37. The molecule has 0 fully saturated rings. The van der Waals surface area contributed by atoms with E-state index in [1.807, 2.05) is 48.9 Å². The van der Waals surface area contributed by atoms with Crippen LogP contribution in [0.5, 0.6) is 0 Å². The fourth-order valence-corrected chi connectivity index (χ4v) is 4.24. The number of rotatable bonds is 5. The molecule has 0 aliphatic heterocycles. The van der Waals surface area contributed by atoms with Gasteiger partial charge in [-0.1, -0.05) is 0 Å². The van der Waals surface area contributed by atoms with Crippen LogP contribution in [0.4, 0.5) is 0 Å². The molecule has 0 saturated heterocycles. The van der Waals surface area contributed by atoms with Crippen molar-refractivity contribution in [1.82, 2.24) is 19.7 Å².